The largest absolute Gasteiger partial charge is 0.368 e. The van der Waals surface area contributed by atoms with Crippen molar-refractivity contribution in [2.45, 2.75) is 37.8 Å². The number of likely N-dealkylation sites (tertiary alicyclic amines) is 1. The Hall–Kier alpha value is -1.62. The molecule has 0 bridgehead atoms. The van der Waals surface area contributed by atoms with Gasteiger partial charge in [-0.15, -0.1) is 0 Å². The number of amides is 1. The molecule has 2 aliphatic heterocycles. The number of rotatable bonds is 3. The van der Waals surface area contributed by atoms with Gasteiger partial charge in [-0.3, -0.25) is 4.79 Å². The van der Waals surface area contributed by atoms with Gasteiger partial charge in [0, 0.05) is 39.0 Å². The molecule has 5 nitrogen and oxygen atoms in total. The van der Waals surface area contributed by atoms with E-state index in [2.05, 4.69) is 16.9 Å². The third kappa shape index (κ3) is 3.18. The minimum absolute atomic E-state index is 0.185. The molecule has 0 N–H and O–H groups in total. The molecule has 0 aliphatic carbocycles. The van der Waals surface area contributed by atoms with E-state index < -0.39 is 0 Å². The summed E-state index contributed by atoms with van der Waals surface area (Å²) in [6.45, 7) is 2.37. The van der Waals surface area contributed by atoms with E-state index in [1.165, 1.54) is 0 Å². The van der Waals surface area contributed by atoms with Gasteiger partial charge < -0.3 is 14.5 Å². The number of anilines is 1. The Morgan fingerprint density at radius 2 is 2.14 bits per heavy atom. The standard InChI is InChI=1S/C16H23N3O2/c1-18(15-6-2-3-9-17-15)13-7-10-19(11-8-13)16(20)14-5-4-12-21-14/h2-3,6,9,13-14H,4-5,7-8,10-12H2,1H3. The summed E-state index contributed by atoms with van der Waals surface area (Å²) in [7, 11) is 2.09. The van der Waals surface area contributed by atoms with Crippen molar-refractivity contribution >= 4 is 11.7 Å². The lowest BCUT2D eigenvalue weighted by atomic mass is 10.0. The summed E-state index contributed by atoms with van der Waals surface area (Å²) >= 11 is 0. The predicted octanol–water partition coefficient (Wildman–Crippen LogP) is 1.69. The molecular weight excluding hydrogens is 266 g/mol. The fourth-order valence-electron chi connectivity index (χ4n) is 3.20. The summed E-state index contributed by atoms with van der Waals surface area (Å²) in [4.78, 5) is 20.9. The Labute approximate surface area is 125 Å². The number of carbonyl (C=O) groups is 1. The summed E-state index contributed by atoms with van der Waals surface area (Å²) in [6, 6.07) is 6.42. The van der Waals surface area contributed by atoms with Gasteiger partial charge in [-0.1, -0.05) is 6.07 Å². The molecule has 1 atom stereocenters. The molecular formula is C16H23N3O2. The molecule has 1 aromatic rings. The van der Waals surface area contributed by atoms with Gasteiger partial charge in [0.25, 0.3) is 5.91 Å². The van der Waals surface area contributed by atoms with Crippen molar-refractivity contribution in [2.75, 3.05) is 31.6 Å². The second-order valence-corrected chi connectivity index (χ2v) is 5.86. The smallest absolute Gasteiger partial charge is 0.251 e. The van der Waals surface area contributed by atoms with Crippen LogP contribution in [0.3, 0.4) is 0 Å². The van der Waals surface area contributed by atoms with Crippen LogP contribution in [-0.2, 0) is 9.53 Å². The molecule has 0 radical (unpaired) electrons. The number of hydrogen-bond donors (Lipinski definition) is 0. The summed E-state index contributed by atoms with van der Waals surface area (Å²) in [5.41, 5.74) is 0. The van der Waals surface area contributed by atoms with Gasteiger partial charge in [0.1, 0.15) is 11.9 Å². The van der Waals surface area contributed by atoms with Crippen molar-refractivity contribution in [3.63, 3.8) is 0 Å². The summed E-state index contributed by atoms with van der Waals surface area (Å²) < 4.78 is 5.50. The van der Waals surface area contributed by atoms with E-state index in [4.69, 9.17) is 4.74 Å². The molecule has 3 rings (SSSR count). The fraction of sp³-hybridized carbons (Fsp3) is 0.625. The van der Waals surface area contributed by atoms with Crippen molar-refractivity contribution in [3.8, 4) is 0 Å². The summed E-state index contributed by atoms with van der Waals surface area (Å²) in [5, 5.41) is 0. The van der Waals surface area contributed by atoms with Crippen LogP contribution in [-0.4, -0.2) is 54.7 Å². The van der Waals surface area contributed by atoms with Crippen molar-refractivity contribution in [2.24, 2.45) is 0 Å². The lowest BCUT2D eigenvalue weighted by molar-refractivity contribution is -0.141. The maximum atomic E-state index is 12.3. The van der Waals surface area contributed by atoms with Crippen molar-refractivity contribution < 1.29 is 9.53 Å². The highest BCUT2D eigenvalue weighted by atomic mass is 16.5. The summed E-state index contributed by atoms with van der Waals surface area (Å²) in [5.74, 6) is 1.19. The number of hydrogen-bond acceptors (Lipinski definition) is 4. The van der Waals surface area contributed by atoms with Gasteiger partial charge in [-0.25, -0.2) is 4.98 Å². The molecule has 2 saturated heterocycles. The van der Waals surface area contributed by atoms with Gasteiger partial charge in [0.15, 0.2) is 0 Å². The molecule has 2 aliphatic rings. The van der Waals surface area contributed by atoms with Gasteiger partial charge in [-0.05, 0) is 37.8 Å². The first-order valence-corrected chi connectivity index (χ1v) is 7.80. The maximum absolute atomic E-state index is 12.3. The van der Waals surface area contributed by atoms with Crippen molar-refractivity contribution in [1.29, 1.82) is 0 Å². The highest BCUT2D eigenvalue weighted by Crippen LogP contribution is 2.22. The van der Waals surface area contributed by atoms with Gasteiger partial charge in [-0.2, -0.15) is 0 Å². The van der Waals surface area contributed by atoms with E-state index in [1.54, 1.807) is 0 Å². The Morgan fingerprint density at radius 3 is 2.76 bits per heavy atom. The predicted molar refractivity (Wildman–Crippen MR) is 81.2 cm³/mol. The lowest BCUT2D eigenvalue weighted by Gasteiger charge is -2.38. The monoisotopic (exact) mass is 289 g/mol. The van der Waals surface area contributed by atoms with Crippen LogP contribution in [0.15, 0.2) is 24.4 Å². The molecule has 3 heterocycles. The van der Waals surface area contributed by atoms with Crippen LogP contribution in [0, 0.1) is 0 Å². The number of ether oxygens (including phenoxy) is 1. The topological polar surface area (TPSA) is 45.7 Å². The van der Waals surface area contributed by atoms with Gasteiger partial charge >= 0.3 is 0 Å². The number of aromatic nitrogens is 1. The van der Waals surface area contributed by atoms with Crippen LogP contribution in [0.25, 0.3) is 0 Å². The SMILES string of the molecule is CN(c1ccccn1)C1CCN(C(=O)C2CCCO2)CC1. The second kappa shape index (κ2) is 6.43. The van der Waals surface area contributed by atoms with Gasteiger partial charge in [0.2, 0.25) is 0 Å². The van der Waals surface area contributed by atoms with Crippen molar-refractivity contribution in [1.82, 2.24) is 9.88 Å². The Morgan fingerprint density at radius 1 is 1.33 bits per heavy atom. The number of pyridine rings is 1. The molecule has 0 spiro atoms. The fourth-order valence-corrected chi connectivity index (χ4v) is 3.20. The molecule has 1 unspecified atom stereocenters. The number of carbonyl (C=O) groups excluding carboxylic acids is 1. The highest BCUT2D eigenvalue weighted by Gasteiger charge is 2.31. The van der Waals surface area contributed by atoms with E-state index in [1.807, 2.05) is 29.3 Å². The number of piperidine rings is 1. The quantitative estimate of drug-likeness (QED) is 0.849. The minimum atomic E-state index is -0.185. The zero-order valence-corrected chi connectivity index (χ0v) is 12.6. The third-order valence-electron chi connectivity index (χ3n) is 4.54. The molecule has 114 valence electrons. The van der Waals surface area contributed by atoms with Crippen LogP contribution >= 0.6 is 0 Å². The van der Waals surface area contributed by atoms with E-state index in [9.17, 15) is 4.79 Å². The Balaban J connectivity index is 1.54. The third-order valence-corrected chi connectivity index (χ3v) is 4.54. The molecule has 21 heavy (non-hydrogen) atoms. The van der Waals surface area contributed by atoms with Crippen molar-refractivity contribution in [3.05, 3.63) is 24.4 Å². The first-order chi connectivity index (χ1) is 10.3. The van der Waals surface area contributed by atoms with Crippen LogP contribution in [0.5, 0.6) is 0 Å². The van der Waals surface area contributed by atoms with E-state index in [0.29, 0.717) is 6.04 Å². The maximum Gasteiger partial charge on any atom is 0.251 e. The zero-order valence-electron chi connectivity index (χ0n) is 12.6. The molecule has 1 aromatic heterocycles. The molecule has 0 aromatic carbocycles. The first kappa shape index (κ1) is 14.3. The minimum Gasteiger partial charge on any atom is -0.368 e. The zero-order chi connectivity index (χ0) is 14.7. The first-order valence-electron chi connectivity index (χ1n) is 7.80. The van der Waals surface area contributed by atoms with E-state index in [-0.39, 0.29) is 12.0 Å². The normalized spacial score (nSPS) is 23.3. The van der Waals surface area contributed by atoms with Crippen LogP contribution in [0.1, 0.15) is 25.7 Å². The van der Waals surface area contributed by atoms with Crippen LogP contribution < -0.4 is 4.90 Å². The molecule has 2 fully saturated rings. The Kier molecular flexibility index (Phi) is 4.39. The molecule has 5 heteroatoms. The molecule has 0 saturated carbocycles. The van der Waals surface area contributed by atoms with Crippen LogP contribution in [0.4, 0.5) is 5.82 Å². The second-order valence-electron chi connectivity index (χ2n) is 5.86. The van der Waals surface area contributed by atoms with E-state index in [0.717, 1.165) is 51.2 Å². The average Bonchev–Trinajstić information content (AvgIpc) is 3.09. The Bertz CT molecular complexity index is 466. The molecule has 1 amide bonds. The van der Waals surface area contributed by atoms with Gasteiger partial charge in [0.05, 0.1) is 0 Å². The van der Waals surface area contributed by atoms with Crippen LogP contribution in [0.2, 0.25) is 0 Å². The lowest BCUT2D eigenvalue weighted by Crippen LogP contribution is -2.48. The number of nitrogens with zero attached hydrogens (tertiary/aromatic N) is 3. The van der Waals surface area contributed by atoms with E-state index >= 15 is 0 Å². The average molecular weight is 289 g/mol. The highest BCUT2D eigenvalue weighted by molar-refractivity contribution is 5.81. The summed E-state index contributed by atoms with van der Waals surface area (Å²) in [6.07, 6.45) is 5.51.